The summed E-state index contributed by atoms with van der Waals surface area (Å²) in [6.07, 6.45) is 0. The van der Waals surface area contributed by atoms with Crippen LogP contribution in [0.15, 0.2) is 18.2 Å². The maximum atomic E-state index is 12.1. The first-order chi connectivity index (χ1) is 8.58. The van der Waals surface area contributed by atoms with Crippen molar-refractivity contribution in [3.8, 4) is 0 Å². The van der Waals surface area contributed by atoms with Crippen LogP contribution in [0, 0.1) is 0 Å². The van der Waals surface area contributed by atoms with E-state index in [0.717, 1.165) is 13.1 Å². The summed E-state index contributed by atoms with van der Waals surface area (Å²) in [5.41, 5.74) is 0.653. The van der Waals surface area contributed by atoms with Gasteiger partial charge in [-0.25, -0.2) is 4.79 Å². The van der Waals surface area contributed by atoms with Gasteiger partial charge in [-0.2, -0.15) is 0 Å². The Morgan fingerprint density at radius 1 is 1.44 bits per heavy atom. The smallest absolute Gasteiger partial charge is 0.319 e. The topological polar surface area (TPSA) is 44.4 Å². The number of hydrogen-bond acceptors (Lipinski definition) is 2. The average molecular weight is 288 g/mol. The van der Waals surface area contributed by atoms with Gasteiger partial charge in [0.25, 0.3) is 0 Å². The van der Waals surface area contributed by atoms with E-state index in [-0.39, 0.29) is 12.1 Å². The first-order valence-corrected chi connectivity index (χ1v) is 6.57. The summed E-state index contributed by atoms with van der Waals surface area (Å²) in [6.45, 7) is 4.35. The number of urea groups is 1. The lowest BCUT2D eigenvalue weighted by Crippen LogP contribution is -2.53. The maximum Gasteiger partial charge on any atom is 0.322 e. The lowest BCUT2D eigenvalue weighted by atomic mass is 10.2. The van der Waals surface area contributed by atoms with E-state index in [2.05, 4.69) is 10.6 Å². The molecule has 1 aliphatic heterocycles. The van der Waals surface area contributed by atoms with Gasteiger partial charge in [0.2, 0.25) is 0 Å². The van der Waals surface area contributed by atoms with Crippen LogP contribution in [-0.2, 0) is 0 Å². The van der Waals surface area contributed by atoms with Crippen LogP contribution in [0.3, 0.4) is 0 Å². The number of halogens is 2. The van der Waals surface area contributed by atoms with Crippen molar-refractivity contribution in [2.24, 2.45) is 0 Å². The number of amides is 2. The number of hydrogen-bond donors (Lipinski definition) is 2. The third kappa shape index (κ3) is 3.07. The molecule has 0 bridgehead atoms. The summed E-state index contributed by atoms with van der Waals surface area (Å²) in [7, 11) is 0. The molecule has 0 aromatic heterocycles. The predicted octanol–water partition coefficient (Wildman–Crippen LogP) is 2.82. The molecule has 1 heterocycles. The Morgan fingerprint density at radius 2 is 2.22 bits per heavy atom. The minimum atomic E-state index is -0.109. The molecule has 1 saturated heterocycles. The van der Waals surface area contributed by atoms with E-state index in [1.807, 2.05) is 6.92 Å². The summed E-state index contributed by atoms with van der Waals surface area (Å²) in [6, 6.07) is 5.12. The molecule has 0 spiro atoms. The zero-order valence-corrected chi connectivity index (χ0v) is 11.6. The second-order valence-corrected chi connectivity index (χ2v) is 5.12. The van der Waals surface area contributed by atoms with E-state index in [1.54, 1.807) is 23.1 Å². The zero-order chi connectivity index (χ0) is 13.1. The number of benzene rings is 1. The van der Waals surface area contributed by atoms with E-state index in [4.69, 9.17) is 23.2 Å². The highest BCUT2D eigenvalue weighted by Gasteiger charge is 2.22. The highest BCUT2D eigenvalue weighted by molar-refractivity contribution is 6.42. The van der Waals surface area contributed by atoms with Crippen molar-refractivity contribution in [2.45, 2.75) is 13.0 Å². The minimum Gasteiger partial charge on any atom is -0.319 e. The molecule has 1 fully saturated rings. The van der Waals surface area contributed by atoms with E-state index in [1.165, 1.54) is 0 Å². The Morgan fingerprint density at radius 3 is 2.89 bits per heavy atom. The Balaban J connectivity index is 2.04. The summed E-state index contributed by atoms with van der Waals surface area (Å²) < 4.78 is 0. The molecule has 1 aromatic rings. The molecule has 1 aliphatic rings. The Labute approximate surface area is 116 Å². The summed E-state index contributed by atoms with van der Waals surface area (Å²) >= 11 is 11.7. The van der Waals surface area contributed by atoms with E-state index >= 15 is 0 Å². The van der Waals surface area contributed by atoms with Gasteiger partial charge in [-0.05, 0) is 25.1 Å². The molecule has 1 atom stereocenters. The van der Waals surface area contributed by atoms with Gasteiger partial charge in [-0.1, -0.05) is 23.2 Å². The van der Waals surface area contributed by atoms with Crippen molar-refractivity contribution in [1.29, 1.82) is 0 Å². The molecule has 0 saturated carbocycles. The van der Waals surface area contributed by atoms with Crippen molar-refractivity contribution in [1.82, 2.24) is 10.2 Å². The van der Waals surface area contributed by atoms with Crippen LogP contribution in [0.4, 0.5) is 10.5 Å². The Hall–Kier alpha value is -0.970. The predicted molar refractivity (Wildman–Crippen MR) is 74.5 cm³/mol. The molecule has 1 aromatic carbocycles. The highest BCUT2D eigenvalue weighted by atomic mass is 35.5. The van der Waals surface area contributed by atoms with Crippen molar-refractivity contribution in [3.05, 3.63) is 28.2 Å². The quantitative estimate of drug-likeness (QED) is 0.834. The summed E-state index contributed by atoms with van der Waals surface area (Å²) in [5.74, 6) is 0. The molecular formula is C12H15Cl2N3O. The largest absolute Gasteiger partial charge is 0.322 e. The van der Waals surface area contributed by atoms with E-state index < -0.39 is 0 Å². The van der Waals surface area contributed by atoms with Gasteiger partial charge in [0.1, 0.15) is 0 Å². The van der Waals surface area contributed by atoms with Gasteiger partial charge in [0, 0.05) is 31.4 Å². The standard InChI is InChI=1S/C12H15Cl2N3O/c1-8-7-15-4-5-17(8)12(18)16-9-2-3-10(13)11(14)6-9/h2-3,6,8,15H,4-5,7H2,1H3,(H,16,18)/t8-/m1/s1. The van der Waals surface area contributed by atoms with Crippen molar-refractivity contribution in [2.75, 3.05) is 25.0 Å². The van der Waals surface area contributed by atoms with Crippen LogP contribution in [0.25, 0.3) is 0 Å². The molecule has 4 nitrogen and oxygen atoms in total. The summed E-state index contributed by atoms with van der Waals surface area (Å²) in [4.78, 5) is 13.9. The SMILES string of the molecule is C[C@@H]1CNCCN1C(=O)Nc1ccc(Cl)c(Cl)c1. The second-order valence-electron chi connectivity index (χ2n) is 4.31. The molecule has 2 N–H and O–H groups in total. The second kappa shape index (κ2) is 5.78. The van der Waals surface area contributed by atoms with Gasteiger partial charge in [-0.15, -0.1) is 0 Å². The summed E-state index contributed by atoms with van der Waals surface area (Å²) in [5, 5.41) is 6.98. The molecule has 0 radical (unpaired) electrons. The average Bonchev–Trinajstić information content (AvgIpc) is 2.34. The first-order valence-electron chi connectivity index (χ1n) is 5.81. The number of carbonyl (C=O) groups is 1. The monoisotopic (exact) mass is 287 g/mol. The molecule has 98 valence electrons. The molecular weight excluding hydrogens is 273 g/mol. The zero-order valence-electron chi connectivity index (χ0n) is 10.0. The number of nitrogens with zero attached hydrogens (tertiary/aromatic N) is 1. The third-order valence-corrected chi connectivity index (χ3v) is 3.67. The Bertz CT molecular complexity index is 453. The lowest BCUT2D eigenvalue weighted by Gasteiger charge is -2.33. The molecule has 0 aliphatic carbocycles. The molecule has 0 unspecified atom stereocenters. The number of piperazine rings is 1. The number of anilines is 1. The van der Waals surface area contributed by atoms with E-state index in [0.29, 0.717) is 22.3 Å². The fourth-order valence-electron chi connectivity index (χ4n) is 1.91. The fourth-order valence-corrected chi connectivity index (χ4v) is 2.21. The normalized spacial score (nSPS) is 19.7. The first kappa shape index (κ1) is 13.5. The van der Waals surface area contributed by atoms with Crippen LogP contribution in [0.1, 0.15) is 6.92 Å². The van der Waals surface area contributed by atoms with Gasteiger partial charge in [0.15, 0.2) is 0 Å². The molecule has 6 heteroatoms. The van der Waals surface area contributed by atoms with Crippen LogP contribution >= 0.6 is 23.2 Å². The van der Waals surface area contributed by atoms with Gasteiger partial charge >= 0.3 is 6.03 Å². The number of rotatable bonds is 1. The van der Waals surface area contributed by atoms with E-state index in [9.17, 15) is 4.79 Å². The van der Waals surface area contributed by atoms with Crippen molar-refractivity contribution < 1.29 is 4.79 Å². The van der Waals surface area contributed by atoms with Crippen LogP contribution < -0.4 is 10.6 Å². The van der Waals surface area contributed by atoms with Crippen molar-refractivity contribution in [3.63, 3.8) is 0 Å². The minimum absolute atomic E-state index is 0.109. The lowest BCUT2D eigenvalue weighted by molar-refractivity contribution is 0.177. The van der Waals surface area contributed by atoms with Crippen LogP contribution in [0.2, 0.25) is 10.0 Å². The maximum absolute atomic E-state index is 12.1. The highest BCUT2D eigenvalue weighted by Crippen LogP contribution is 2.25. The van der Waals surface area contributed by atoms with Crippen molar-refractivity contribution >= 4 is 34.9 Å². The Kier molecular flexibility index (Phi) is 4.32. The molecule has 2 rings (SSSR count). The van der Waals surface area contributed by atoms with Gasteiger partial charge in [0.05, 0.1) is 10.0 Å². The third-order valence-electron chi connectivity index (χ3n) is 2.93. The number of nitrogens with one attached hydrogen (secondary N) is 2. The molecule has 2 amide bonds. The van der Waals surface area contributed by atoms with Crippen LogP contribution in [-0.4, -0.2) is 36.6 Å². The van der Waals surface area contributed by atoms with Gasteiger partial charge in [-0.3, -0.25) is 0 Å². The fraction of sp³-hybridized carbons (Fsp3) is 0.417. The van der Waals surface area contributed by atoms with Gasteiger partial charge < -0.3 is 15.5 Å². The molecule has 18 heavy (non-hydrogen) atoms. The van der Waals surface area contributed by atoms with Crippen LogP contribution in [0.5, 0.6) is 0 Å². The number of carbonyl (C=O) groups excluding carboxylic acids is 1.